The predicted molar refractivity (Wildman–Crippen MR) is 109 cm³/mol. The molecule has 0 aromatic heterocycles. The molecule has 1 fully saturated rings. The molecule has 0 bridgehead atoms. The molecular weight excluding hydrogens is 341 g/mol. The maximum Gasteiger partial charge on any atom is 0.224 e. The fourth-order valence-corrected chi connectivity index (χ4v) is 3.59. The number of nitrogens with one attached hydrogen (secondary N) is 1. The second kappa shape index (κ2) is 8.89. The SMILES string of the molecule is CCc1cccc(C)c1NCCC(=O)N1CCN(c2ccc(F)cc2)CC1. The highest BCUT2D eigenvalue weighted by atomic mass is 19.1. The van der Waals surface area contributed by atoms with E-state index in [0.29, 0.717) is 26.1 Å². The summed E-state index contributed by atoms with van der Waals surface area (Å²) in [4.78, 5) is 16.7. The first-order valence-corrected chi connectivity index (χ1v) is 9.69. The van der Waals surface area contributed by atoms with Gasteiger partial charge in [-0.05, 0) is 48.7 Å². The number of piperazine rings is 1. The highest BCUT2D eigenvalue weighted by Crippen LogP contribution is 2.21. The number of hydrogen-bond acceptors (Lipinski definition) is 3. The Bertz CT molecular complexity index is 768. The summed E-state index contributed by atoms with van der Waals surface area (Å²) in [5.41, 5.74) is 4.68. The Morgan fingerprint density at radius 1 is 1.07 bits per heavy atom. The van der Waals surface area contributed by atoms with Crippen molar-refractivity contribution in [2.24, 2.45) is 0 Å². The van der Waals surface area contributed by atoms with Crippen LogP contribution in [0.15, 0.2) is 42.5 Å². The average Bonchev–Trinajstić information content (AvgIpc) is 2.69. The van der Waals surface area contributed by atoms with Crippen molar-refractivity contribution in [3.8, 4) is 0 Å². The lowest BCUT2D eigenvalue weighted by Gasteiger charge is -2.36. The van der Waals surface area contributed by atoms with E-state index in [-0.39, 0.29) is 11.7 Å². The Hall–Kier alpha value is -2.56. The monoisotopic (exact) mass is 369 g/mol. The molecule has 144 valence electrons. The molecule has 0 spiro atoms. The molecule has 4 nitrogen and oxygen atoms in total. The van der Waals surface area contributed by atoms with Gasteiger partial charge < -0.3 is 15.1 Å². The van der Waals surface area contributed by atoms with Crippen LogP contribution in [0.5, 0.6) is 0 Å². The zero-order chi connectivity index (χ0) is 19.2. The molecule has 0 aliphatic carbocycles. The van der Waals surface area contributed by atoms with Crippen LogP contribution < -0.4 is 10.2 Å². The minimum absolute atomic E-state index is 0.188. The zero-order valence-corrected chi connectivity index (χ0v) is 16.2. The largest absolute Gasteiger partial charge is 0.384 e. The van der Waals surface area contributed by atoms with Crippen LogP contribution in [-0.4, -0.2) is 43.5 Å². The summed E-state index contributed by atoms with van der Waals surface area (Å²) < 4.78 is 13.1. The molecule has 1 aliphatic rings. The van der Waals surface area contributed by atoms with E-state index in [2.05, 4.69) is 42.3 Å². The molecule has 2 aromatic carbocycles. The summed E-state index contributed by atoms with van der Waals surface area (Å²) in [6.45, 7) is 7.87. The Morgan fingerprint density at radius 2 is 1.78 bits per heavy atom. The van der Waals surface area contributed by atoms with Crippen LogP contribution in [0.25, 0.3) is 0 Å². The molecule has 1 aliphatic heterocycles. The number of carbonyl (C=O) groups is 1. The van der Waals surface area contributed by atoms with Crippen LogP contribution in [0.4, 0.5) is 15.8 Å². The molecule has 27 heavy (non-hydrogen) atoms. The molecule has 1 saturated heterocycles. The average molecular weight is 369 g/mol. The summed E-state index contributed by atoms with van der Waals surface area (Å²) in [6.07, 6.45) is 1.47. The van der Waals surface area contributed by atoms with Gasteiger partial charge >= 0.3 is 0 Å². The van der Waals surface area contributed by atoms with Gasteiger partial charge in [0.1, 0.15) is 5.82 Å². The van der Waals surface area contributed by atoms with Crippen molar-refractivity contribution in [2.45, 2.75) is 26.7 Å². The van der Waals surface area contributed by atoms with Crippen LogP contribution >= 0.6 is 0 Å². The highest BCUT2D eigenvalue weighted by Gasteiger charge is 2.21. The van der Waals surface area contributed by atoms with Gasteiger partial charge in [-0.1, -0.05) is 25.1 Å². The number of amides is 1. The lowest BCUT2D eigenvalue weighted by molar-refractivity contribution is -0.131. The van der Waals surface area contributed by atoms with Gasteiger partial charge in [-0.2, -0.15) is 0 Å². The van der Waals surface area contributed by atoms with Crippen LogP contribution in [0.3, 0.4) is 0 Å². The third kappa shape index (κ3) is 4.79. The van der Waals surface area contributed by atoms with Crippen molar-refractivity contribution < 1.29 is 9.18 Å². The van der Waals surface area contributed by atoms with E-state index in [0.717, 1.165) is 30.9 Å². The number of para-hydroxylation sites is 1. The summed E-state index contributed by atoms with van der Waals surface area (Å²) in [5.74, 6) is -0.0344. The van der Waals surface area contributed by atoms with Gasteiger partial charge in [-0.15, -0.1) is 0 Å². The van der Waals surface area contributed by atoms with Crippen LogP contribution in [0.2, 0.25) is 0 Å². The first-order valence-electron chi connectivity index (χ1n) is 9.69. The van der Waals surface area contributed by atoms with Gasteiger partial charge in [0.25, 0.3) is 0 Å². The molecule has 1 heterocycles. The van der Waals surface area contributed by atoms with Crippen LogP contribution in [-0.2, 0) is 11.2 Å². The van der Waals surface area contributed by atoms with E-state index in [1.54, 1.807) is 12.1 Å². The topological polar surface area (TPSA) is 35.6 Å². The minimum Gasteiger partial charge on any atom is -0.384 e. The van der Waals surface area contributed by atoms with E-state index in [1.807, 2.05) is 4.90 Å². The van der Waals surface area contributed by atoms with Gasteiger partial charge in [0.2, 0.25) is 5.91 Å². The predicted octanol–water partition coefficient (Wildman–Crippen LogP) is 3.85. The Morgan fingerprint density at radius 3 is 2.44 bits per heavy atom. The summed E-state index contributed by atoms with van der Waals surface area (Å²) in [7, 11) is 0. The molecule has 0 atom stereocenters. The fourth-order valence-electron chi connectivity index (χ4n) is 3.59. The maximum absolute atomic E-state index is 13.1. The van der Waals surface area contributed by atoms with E-state index in [1.165, 1.54) is 23.3 Å². The minimum atomic E-state index is -0.222. The maximum atomic E-state index is 13.1. The number of anilines is 2. The first kappa shape index (κ1) is 19.2. The fraction of sp³-hybridized carbons (Fsp3) is 0.409. The molecule has 2 aromatic rings. The zero-order valence-electron chi connectivity index (χ0n) is 16.2. The molecule has 1 N–H and O–H groups in total. The third-order valence-corrected chi connectivity index (χ3v) is 5.20. The van der Waals surface area contributed by atoms with Gasteiger partial charge in [0, 0.05) is 50.5 Å². The Kier molecular flexibility index (Phi) is 6.32. The van der Waals surface area contributed by atoms with Gasteiger partial charge in [-0.3, -0.25) is 4.79 Å². The number of nitrogens with zero attached hydrogens (tertiary/aromatic N) is 2. The number of halogens is 1. The van der Waals surface area contributed by atoms with Crippen molar-refractivity contribution in [1.29, 1.82) is 0 Å². The Balaban J connectivity index is 1.47. The van der Waals surface area contributed by atoms with Crippen molar-refractivity contribution in [2.75, 3.05) is 42.9 Å². The summed E-state index contributed by atoms with van der Waals surface area (Å²) >= 11 is 0. The lowest BCUT2D eigenvalue weighted by atomic mass is 10.1. The normalized spacial score (nSPS) is 14.3. The number of rotatable bonds is 6. The van der Waals surface area contributed by atoms with Crippen molar-refractivity contribution in [1.82, 2.24) is 4.90 Å². The van der Waals surface area contributed by atoms with E-state index in [4.69, 9.17) is 0 Å². The van der Waals surface area contributed by atoms with E-state index < -0.39 is 0 Å². The summed E-state index contributed by atoms with van der Waals surface area (Å²) in [5, 5.41) is 3.45. The van der Waals surface area contributed by atoms with Crippen molar-refractivity contribution >= 4 is 17.3 Å². The van der Waals surface area contributed by atoms with Gasteiger partial charge in [0.15, 0.2) is 0 Å². The van der Waals surface area contributed by atoms with Crippen LogP contribution in [0.1, 0.15) is 24.5 Å². The Labute approximate surface area is 161 Å². The lowest BCUT2D eigenvalue weighted by Crippen LogP contribution is -2.49. The van der Waals surface area contributed by atoms with Crippen molar-refractivity contribution in [3.05, 3.63) is 59.4 Å². The molecule has 0 unspecified atom stereocenters. The first-order chi connectivity index (χ1) is 13.1. The number of hydrogen-bond donors (Lipinski definition) is 1. The molecule has 0 saturated carbocycles. The van der Waals surface area contributed by atoms with Crippen molar-refractivity contribution in [3.63, 3.8) is 0 Å². The smallest absolute Gasteiger partial charge is 0.224 e. The molecule has 0 radical (unpaired) electrons. The second-order valence-corrected chi connectivity index (χ2v) is 6.98. The summed E-state index contributed by atoms with van der Waals surface area (Å²) in [6, 6.07) is 12.9. The molecular formula is C22H28FN3O. The molecule has 3 rings (SSSR count). The standard InChI is InChI=1S/C22H28FN3O/c1-3-18-6-4-5-17(2)22(18)24-12-11-21(27)26-15-13-25(14-16-26)20-9-7-19(23)8-10-20/h4-10,24H,3,11-16H2,1-2H3. The van der Waals surface area contributed by atoms with Crippen LogP contribution in [0, 0.1) is 12.7 Å². The number of carbonyl (C=O) groups excluding carboxylic acids is 1. The van der Waals surface area contributed by atoms with E-state index >= 15 is 0 Å². The number of aryl methyl sites for hydroxylation is 2. The number of benzene rings is 2. The highest BCUT2D eigenvalue weighted by molar-refractivity contribution is 5.77. The molecule has 5 heteroatoms. The third-order valence-electron chi connectivity index (χ3n) is 5.20. The van der Waals surface area contributed by atoms with E-state index in [9.17, 15) is 9.18 Å². The van der Waals surface area contributed by atoms with Gasteiger partial charge in [-0.25, -0.2) is 4.39 Å². The van der Waals surface area contributed by atoms with Gasteiger partial charge in [0.05, 0.1) is 0 Å². The molecule has 1 amide bonds. The quantitative estimate of drug-likeness (QED) is 0.840. The second-order valence-electron chi connectivity index (χ2n) is 6.98.